The van der Waals surface area contributed by atoms with Gasteiger partial charge in [0.05, 0.1) is 12.4 Å². The minimum Gasteiger partial charge on any atom is -0.476 e. The Hall–Kier alpha value is -1.65. The van der Waals surface area contributed by atoms with Gasteiger partial charge in [-0.3, -0.25) is 0 Å². The van der Waals surface area contributed by atoms with Crippen LogP contribution in [0, 0.1) is 5.92 Å². The highest BCUT2D eigenvalue weighted by molar-refractivity contribution is 5.84. The van der Waals surface area contributed by atoms with Crippen molar-refractivity contribution >= 4 is 11.8 Å². The standard InChI is InChI=1S/C13H19N3O2/c1-9(10-5-3-2-4-6-10)16-12-8-14-11(7-15-12)13(17)18/h7-10H,2-6H2,1H3,(H,15,16)(H,17,18). The van der Waals surface area contributed by atoms with Crippen molar-refractivity contribution in [2.45, 2.75) is 45.1 Å². The zero-order chi connectivity index (χ0) is 13.0. The van der Waals surface area contributed by atoms with E-state index in [-0.39, 0.29) is 5.69 Å². The van der Waals surface area contributed by atoms with Crippen LogP contribution in [0.3, 0.4) is 0 Å². The molecule has 18 heavy (non-hydrogen) atoms. The summed E-state index contributed by atoms with van der Waals surface area (Å²) in [6, 6.07) is 0.357. The molecule has 0 radical (unpaired) electrons. The van der Waals surface area contributed by atoms with E-state index in [4.69, 9.17) is 5.11 Å². The maximum atomic E-state index is 10.7. The number of carboxylic acids is 1. The number of rotatable bonds is 4. The van der Waals surface area contributed by atoms with Crippen molar-refractivity contribution < 1.29 is 9.90 Å². The molecular formula is C13H19N3O2. The number of nitrogens with one attached hydrogen (secondary N) is 1. The maximum Gasteiger partial charge on any atom is 0.356 e. The molecule has 1 heterocycles. The van der Waals surface area contributed by atoms with Gasteiger partial charge in [-0.25, -0.2) is 14.8 Å². The number of anilines is 1. The first-order chi connectivity index (χ1) is 8.66. The molecule has 0 amide bonds. The summed E-state index contributed by atoms with van der Waals surface area (Å²) >= 11 is 0. The van der Waals surface area contributed by atoms with Crippen LogP contribution in [-0.2, 0) is 0 Å². The van der Waals surface area contributed by atoms with Gasteiger partial charge in [0.25, 0.3) is 0 Å². The summed E-state index contributed by atoms with van der Waals surface area (Å²) in [6.45, 7) is 2.16. The molecule has 1 aliphatic rings. The Morgan fingerprint density at radius 1 is 1.33 bits per heavy atom. The molecule has 0 aliphatic heterocycles. The molecular weight excluding hydrogens is 230 g/mol. The SMILES string of the molecule is CC(Nc1cnc(C(=O)O)cn1)C1CCCCC1. The average Bonchev–Trinajstić information content (AvgIpc) is 2.40. The van der Waals surface area contributed by atoms with Gasteiger partial charge >= 0.3 is 5.97 Å². The minimum atomic E-state index is -1.05. The Bertz CT molecular complexity index is 399. The van der Waals surface area contributed by atoms with Crippen LogP contribution >= 0.6 is 0 Å². The molecule has 1 fully saturated rings. The number of hydrogen-bond donors (Lipinski definition) is 2. The predicted molar refractivity (Wildman–Crippen MR) is 68.7 cm³/mol. The van der Waals surface area contributed by atoms with Crippen LogP contribution in [-0.4, -0.2) is 27.1 Å². The number of carbonyl (C=O) groups is 1. The van der Waals surface area contributed by atoms with Crippen molar-refractivity contribution in [2.24, 2.45) is 5.92 Å². The van der Waals surface area contributed by atoms with Gasteiger partial charge in [-0.05, 0) is 25.7 Å². The normalized spacial score (nSPS) is 18.3. The number of carboxylic acid groups (broad SMARTS) is 1. The molecule has 1 aromatic rings. The molecule has 5 nitrogen and oxygen atoms in total. The fourth-order valence-electron chi connectivity index (χ4n) is 2.50. The van der Waals surface area contributed by atoms with E-state index >= 15 is 0 Å². The Morgan fingerprint density at radius 2 is 2.06 bits per heavy atom. The highest BCUT2D eigenvalue weighted by atomic mass is 16.4. The highest BCUT2D eigenvalue weighted by Crippen LogP contribution is 2.27. The van der Waals surface area contributed by atoms with E-state index in [1.165, 1.54) is 44.5 Å². The second-order valence-electron chi connectivity index (χ2n) is 4.92. The molecule has 0 saturated heterocycles. The third kappa shape index (κ3) is 3.18. The van der Waals surface area contributed by atoms with Crippen LogP contribution in [0.4, 0.5) is 5.82 Å². The van der Waals surface area contributed by atoms with E-state index in [2.05, 4.69) is 22.2 Å². The zero-order valence-corrected chi connectivity index (χ0v) is 10.6. The monoisotopic (exact) mass is 249 g/mol. The summed E-state index contributed by atoms with van der Waals surface area (Å²) in [7, 11) is 0. The van der Waals surface area contributed by atoms with Crippen molar-refractivity contribution in [1.82, 2.24) is 9.97 Å². The van der Waals surface area contributed by atoms with E-state index < -0.39 is 5.97 Å². The third-order valence-electron chi connectivity index (χ3n) is 3.60. The first-order valence-corrected chi connectivity index (χ1v) is 6.48. The van der Waals surface area contributed by atoms with Crippen molar-refractivity contribution in [1.29, 1.82) is 0 Å². The predicted octanol–water partition coefficient (Wildman–Crippen LogP) is 2.56. The number of aromatic carboxylic acids is 1. The smallest absolute Gasteiger partial charge is 0.356 e. The topological polar surface area (TPSA) is 75.1 Å². The van der Waals surface area contributed by atoms with Crippen molar-refractivity contribution in [3.8, 4) is 0 Å². The summed E-state index contributed by atoms with van der Waals surface area (Å²) in [5.74, 6) is 0.284. The van der Waals surface area contributed by atoms with Crippen molar-refractivity contribution in [3.63, 3.8) is 0 Å². The number of aromatic nitrogens is 2. The minimum absolute atomic E-state index is 0.0223. The fraction of sp³-hybridized carbons (Fsp3) is 0.615. The van der Waals surface area contributed by atoms with Gasteiger partial charge in [0.2, 0.25) is 0 Å². The van der Waals surface area contributed by atoms with Crippen LogP contribution in [0.25, 0.3) is 0 Å². The first kappa shape index (κ1) is 12.8. The van der Waals surface area contributed by atoms with E-state index in [0.29, 0.717) is 17.8 Å². The number of nitrogens with zero attached hydrogens (tertiary/aromatic N) is 2. The van der Waals surface area contributed by atoms with E-state index in [9.17, 15) is 4.79 Å². The lowest BCUT2D eigenvalue weighted by atomic mass is 9.84. The Kier molecular flexibility index (Phi) is 4.12. The van der Waals surface area contributed by atoms with Crippen LogP contribution in [0.2, 0.25) is 0 Å². The van der Waals surface area contributed by atoms with Gasteiger partial charge in [-0.15, -0.1) is 0 Å². The van der Waals surface area contributed by atoms with E-state index in [1.54, 1.807) is 0 Å². The van der Waals surface area contributed by atoms with Crippen LogP contribution in [0.1, 0.15) is 49.5 Å². The summed E-state index contributed by atoms with van der Waals surface area (Å²) in [5, 5.41) is 12.0. The number of hydrogen-bond acceptors (Lipinski definition) is 4. The molecule has 1 saturated carbocycles. The zero-order valence-electron chi connectivity index (χ0n) is 10.6. The third-order valence-corrected chi connectivity index (χ3v) is 3.60. The Morgan fingerprint density at radius 3 is 2.61 bits per heavy atom. The molecule has 5 heteroatoms. The van der Waals surface area contributed by atoms with Crippen LogP contribution in [0.5, 0.6) is 0 Å². The van der Waals surface area contributed by atoms with Crippen molar-refractivity contribution in [3.05, 3.63) is 18.1 Å². The van der Waals surface area contributed by atoms with Gasteiger partial charge in [0.1, 0.15) is 5.82 Å². The van der Waals surface area contributed by atoms with Gasteiger partial charge < -0.3 is 10.4 Å². The molecule has 0 aromatic carbocycles. The van der Waals surface area contributed by atoms with Crippen LogP contribution < -0.4 is 5.32 Å². The molecule has 0 bridgehead atoms. The van der Waals surface area contributed by atoms with E-state index in [0.717, 1.165) is 0 Å². The second-order valence-corrected chi connectivity index (χ2v) is 4.92. The lowest BCUT2D eigenvalue weighted by molar-refractivity contribution is 0.0690. The molecule has 2 N–H and O–H groups in total. The Labute approximate surface area is 107 Å². The molecule has 2 rings (SSSR count). The van der Waals surface area contributed by atoms with Gasteiger partial charge in [-0.2, -0.15) is 0 Å². The lowest BCUT2D eigenvalue weighted by Gasteiger charge is -2.28. The molecule has 0 spiro atoms. The van der Waals surface area contributed by atoms with Gasteiger partial charge in [0, 0.05) is 6.04 Å². The quantitative estimate of drug-likeness (QED) is 0.857. The lowest BCUT2D eigenvalue weighted by Crippen LogP contribution is -2.28. The molecule has 1 unspecified atom stereocenters. The molecule has 98 valence electrons. The summed E-state index contributed by atoms with van der Waals surface area (Å²) in [4.78, 5) is 18.6. The molecule has 1 aliphatic carbocycles. The Balaban J connectivity index is 1.93. The van der Waals surface area contributed by atoms with Gasteiger partial charge in [0.15, 0.2) is 5.69 Å². The summed E-state index contributed by atoms with van der Waals surface area (Å²) in [6.07, 6.45) is 9.25. The summed E-state index contributed by atoms with van der Waals surface area (Å²) < 4.78 is 0. The largest absolute Gasteiger partial charge is 0.476 e. The maximum absolute atomic E-state index is 10.7. The highest BCUT2D eigenvalue weighted by Gasteiger charge is 2.20. The molecule has 1 aromatic heterocycles. The average molecular weight is 249 g/mol. The molecule has 1 atom stereocenters. The van der Waals surface area contributed by atoms with E-state index in [1.807, 2.05) is 0 Å². The van der Waals surface area contributed by atoms with Crippen LogP contribution in [0.15, 0.2) is 12.4 Å². The van der Waals surface area contributed by atoms with Gasteiger partial charge in [-0.1, -0.05) is 19.3 Å². The first-order valence-electron chi connectivity index (χ1n) is 6.48. The summed E-state index contributed by atoms with van der Waals surface area (Å²) in [5.41, 5.74) is -0.0223. The van der Waals surface area contributed by atoms with Crippen molar-refractivity contribution in [2.75, 3.05) is 5.32 Å². The fourth-order valence-corrected chi connectivity index (χ4v) is 2.50. The second kappa shape index (κ2) is 5.80.